The van der Waals surface area contributed by atoms with Gasteiger partial charge in [-0.3, -0.25) is 0 Å². The molecule has 0 amide bonds. The van der Waals surface area contributed by atoms with Gasteiger partial charge < -0.3 is 10.4 Å². The minimum atomic E-state index is 0.374. The quantitative estimate of drug-likeness (QED) is 0.560. The average Bonchev–Trinajstić information content (AvgIpc) is 2.66. The Bertz CT molecular complexity index is 777. The molecule has 0 fully saturated rings. The van der Waals surface area contributed by atoms with Crippen molar-refractivity contribution in [1.82, 2.24) is 5.32 Å². The van der Waals surface area contributed by atoms with Crippen LogP contribution in [0, 0.1) is 5.92 Å². The van der Waals surface area contributed by atoms with Crippen molar-refractivity contribution in [3.8, 4) is 5.75 Å². The van der Waals surface area contributed by atoms with Crippen molar-refractivity contribution in [3.63, 3.8) is 0 Å². The standard InChI is InChI=1S/C23H29Cl2NO/c1-3-5-19-20-14-18(27)8-7-17(20)13-16(4-2)23(19)26-11-10-15-6-9-21(24)22(25)12-15/h6-9,12,14,16,19,23,26-27H,3-5,10-11,13H2,1-2H3. The number of halogens is 2. The lowest BCUT2D eigenvalue weighted by Gasteiger charge is -2.40. The summed E-state index contributed by atoms with van der Waals surface area (Å²) >= 11 is 12.2. The Labute approximate surface area is 172 Å². The number of hydrogen-bond donors (Lipinski definition) is 2. The van der Waals surface area contributed by atoms with Crippen LogP contribution in [0.2, 0.25) is 10.0 Å². The first-order valence-corrected chi connectivity index (χ1v) is 10.8. The van der Waals surface area contributed by atoms with Gasteiger partial charge in [0.1, 0.15) is 5.75 Å². The minimum absolute atomic E-state index is 0.374. The summed E-state index contributed by atoms with van der Waals surface area (Å²) in [7, 11) is 0. The molecule has 0 spiro atoms. The SMILES string of the molecule is CCCC1c2cc(O)ccc2CC(CC)C1NCCc1ccc(Cl)c(Cl)c1. The highest BCUT2D eigenvalue weighted by Crippen LogP contribution is 2.40. The van der Waals surface area contributed by atoms with Gasteiger partial charge in [-0.25, -0.2) is 0 Å². The largest absolute Gasteiger partial charge is 0.508 e. The topological polar surface area (TPSA) is 32.3 Å². The number of hydrogen-bond acceptors (Lipinski definition) is 2. The number of rotatable bonds is 7. The summed E-state index contributed by atoms with van der Waals surface area (Å²) in [4.78, 5) is 0. The molecule has 4 heteroatoms. The molecular weight excluding hydrogens is 377 g/mol. The van der Waals surface area contributed by atoms with Crippen LogP contribution in [-0.2, 0) is 12.8 Å². The lowest BCUT2D eigenvalue weighted by atomic mass is 9.70. The third kappa shape index (κ3) is 4.80. The molecule has 2 nitrogen and oxygen atoms in total. The van der Waals surface area contributed by atoms with Crippen molar-refractivity contribution < 1.29 is 5.11 Å². The third-order valence-electron chi connectivity index (χ3n) is 5.85. The maximum atomic E-state index is 10.0. The zero-order valence-corrected chi connectivity index (χ0v) is 17.7. The summed E-state index contributed by atoms with van der Waals surface area (Å²) in [5.74, 6) is 1.44. The molecule has 3 atom stereocenters. The first kappa shape index (κ1) is 20.5. The fourth-order valence-corrected chi connectivity index (χ4v) is 4.80. The van der Waals surface area contributed by atoms with Gasteiger partial charge in [-0.05, 0) is 78.6 Å². The molecule has 0 aliphatic heterocycles. The first-order valence-electron chi connectivity index (χ1n) is 10.0. The van der Waals surface area contributed by atoms with E-state index in [2.05, 4.69) is 25.2 Å². The Balaban J connectivity index is 1.75. The maximum absolute atomic E-state index is 10.0. The van der Waals surface area contributed by atoms with Gasteiger partial charge in [0.25, 0.3) is 0 Å². The van der Waals surface area contributed by atoms with Crippen LogP contribution in [0.1, 0.15) is 55.7 Å². The number of benzene rings is 2. The van der Waals surface area contributed by atoms with Crippen molar-refractivity contribution in [2.24, 2.45) is 5.92 Å². The molecule has 0 radical (unpaired) electrons. The molecule has 0 bridgehead atoms. The number of aromatic hydroxyl groups is 1. The molecule has 3 unspecified atom stereocenters. The fourth-order valence-electron chi connectivity index (χ4n) is 4.48. The van der Waals surface area contributed by atoms with Crippen LogP contribution in [0.5, 0.6) is 5.75 Å². The second-order valence-corrected chi connectivity index (χ2v) is 8.44. The minimum Gasteiger partial charge on any atom is -0.508 e. The van der Waals surface area contributed by atoms with Crippen LogP contribution in [0.4, 0.5) is 0 Å². The van der Waals surface area contributed by atoms with Crippen LogP contribution >= 0.6 is 23.2 Å². The molecule has 2 aromatic carbocycles. The van der Waals surface area contributed by atoms with Crippen molar-refractivity contribution in [3.05, 3.63) is 63.1 Å². The van der Waals surface area contributed by atoms with E-state index in [0.717, 1.165) is 38.6 Å². The van der Waals surface area contributed by atoms with Gasteiger partial charge in [0, 0.05) is 6.04 Å². The van der Waals surface area contributed by atoms with Gasteiger partial charge in [-0.2, -0.15) is 0 Å². The number of nitrogens with one attached hydrogen (secondary N) is 1. The van der Waals surface area contributed by atoms with Crippen LogP contribution < -0.4 is 5.32 Å². The smallest absolute Gasteiger partial charge is 0.115 e. The summed E-state index contributed by atoms with van der Waals surface area (Å²) in [5, 5.41) is 15.1. The van der Waals surface area contributed by atoms with E-state index in [9.17, 15) is 5.11 Å². The summed E-state index contributed by atoms with van der Waals surface area (Å²) < 4.78 is 0. The molecule has 146 valence electrons. The second kappa shape index (κ2) is 9.32. The molecule has 0 heterocycles. The third-order valence-corrected chi connectivity index (χ3v) is 6.59. The Morgan fingerprint density at radius 2 is 1.89 bits per heavy atom. The van der Waals surface area contributed by atoms with Crippen molar-refractivity contribution in [2.75, 3.05) is 6.54 Å². The molecule has 2 N–H and O–H groups in total. The van der Waals surface area contributed by atoms with E-state index < -0.39 is 0 Å². The molecule has 2 aromatic rings. The number of phenolic OH excluding ortho intramolecular Hbond substituents is 1. The Morgan fingerprint density at radius 3 is 2.59 bits per heavy atom. The van der Waals surface area contributed by atoms with E-state index in [1.54, 1.807) is 0 Å². The normalized spacial score (nSPS) is 21.9. The number of fused-ring (bicyclic) bond motifs is 1. The van der Waals surface area contributed by atoms with Gasteiger partial charge in [-0.1, -0.05) is 62.0 Å². The molecule has 1 aliphatic carbocycles. The Morgan fingerprint density at radius 1 is 1.07 bits per heavy atom. The predicted molar refractivity (Wildman–Crippen MR) is 115 cm³/mol. The zero-order chi connectivity index (χ0) is 19.4. The van der Waals surface area contributed by atoms with E-state index in [-0.39, 0.29) is 0 Å². The summed E-state index contributed by atoms with van der Waals surface area (Å²) in [6.45, 7) is 5.44. The summed E-state index contributed by atoms with van der Waals surface area (Å²) in [5.41, 5.74) is 3.93. The molecule has 0 saturated carbocycles. The zero-order valence-electron chi connectivity index (χ0n) is 16.1. The monoisotopic (exact) mass is 405 g/mol. The second-order valence-electron chi connectivity index (χ2n) is 7.63. The highest BCUT2D eigenvalue weighted by Gasteiger charge is 2.35. The van der Waals surface area contributed by atoms with E-state index in [4.69, 9.17) is 23.2 Å². The average molecular weight is 406 g/mol. The highest BCUT2D eigenvalue weighted by molar-refractivity contribution is 6.42. The lowest BCUT2D eigenvalue weighted by molar-refractivity contribution is 0.267. The molecule has 27 heavy (non-hydrogen) atoms. The fraction of sp³-hybridized carbons (Fsp3) is 0.478. The van der Waals surface area contributed by atoms with Gasteiger partial charge in [-0.15, -0.1) is 0 Å². The lowest BCUT2D eigenvalue weighted by Crippen LogP contribution is -2.45. The molecule has 1 aliphatic rings. The van der Waals surface area contributed by atoms with Gasteiger partial charge in [0.2, 0.25) is 0 Å². The summed E-state index contributed by atoms with van der Waals surface area (Å²) in [6, 6.07) is 12.2. The van der Waals surface area contributed by atoms with Crippen LogP contribution in [0.15, 0.2) is 36.4 Å². The Hall–Kier alpha value is -1.22. The van der Waals surface area contributed by atoms with Crippen LogP contribution in [-0.4, -0.2) is 17.7 Å². The van der Waals surface area contributed by atoms with E-state index >= 15 is 0 Å². The van der Waals surface area contributed by atoms with Gasteiger partial charge in [0.15, 0.2) is 0 Å². The van der Waals surface area contributed by atoms with Gasteiger partial charge >= 0.3 is 0 Å². The molecular formula is C23H29Cl2NO. The van der Waals surface area contributed by atoms with Crippen LogP contribution in [0.3, 0.4) is 0 Å². The van der Waals surface area contributed by atoms with Crippen molar-refractivity contribution >= 4 is 23.2 Å². The van der Waals surface area contributed by atoms with Crippen molar-refractivity contribution in [2.45, 2.75) is 57.9 Å². The predicted octanol–water partition coefficient (Wildman–Crippen LogP) is 6.37. The van der Waals surface area contributed by atoms with Crippen molar-refractivity contribution in [1.29, 1.82) is 0 Å². The van der Waals surface area contributed by atoms with Crippen LogP contribution in [0.25, 0.3) is 0 Å². The van der Waals surface area contributed by atoms with Gasteiger partial charge in [0.05, 0.1) is 10.0 Å². The summed E-state index contributed by atoms with van der Waals surface area (Å²) in [6.07, 6.45) is 5.44. The highest BCUT2D eigenvalue weighted by atomic mass is 35.5. The van der Waals surface area contributed by atoms with E-state index in [1.807, 2.05) is 30.3 Å². The molecule has 0 saturated heterocycles. The Kier molecular flexibility index (Phi) is 7.08. The molecule has 0 aromatic heterocycles. The number of phenols is 1. The van der Waals surface area contributed by atoms with E-state index in [1.165, 1.54) is 16.7 Å². The van der Waals surface area contributed by atoms with E-state index in [0.29, 0.717) is 33.7 Å². The first-order chi connectivity index (χ1) is 13.0. The molecule has 3 rings (SSSR count). The maximum Gasteiger partial charge on any atom is 0.115 e.